The number of ether oxygens (including phenoxy) is 1. The number of nitrogens with zero attached hydrogens (tertiary/aromatic N) is 2. The van der Waals surface area contributed by atoms with Gasteiger partial charge in [0, 0.05) is 5.56 Å². The molecule has 1 fully saturated rings. The lowest BCUT2D eigenvalue weighted by atomic mass is 9.99. The molecule has 1 aliphatic heterocycles. The molecule has 0 bridgehead atoms. The lowest BCUT2D eigenvalue weighted by molar-refractivity contribution is -0.121. The maximum Gasteiger partial charge on any atom is 0.343 e. The summed E-state index contributed by atoms with van der Waals surface area (Å²) in [6.07, 6.45) is 1.49. The molecule has 0 unspecified atom stereocenters. The van der Waals surface area contributed by atoms with Crippen molar-refractivity contribution in [3.8, 4) is 5.75 Å². The lowest BCUT2D eigenvalue weighted by Crippen LogP contribution is -2.57. The molecule has 0 saturated carbocycles. The number of anilines is 2. The Bertz CT molecular complexity index is 1740. The van der Waals surface area contributed by atoms with E-state index < -0.39 is 17.8 Å². The summed E-state index contributed by atoms with van der Waals surface area (Å²) < 4.78 is 19.6. The molecule has 1 saturated heterocycles. The van der Waals surface area contributed by atoms with Crippen LogP contribution in [0.2, 0.25) is 0 Å². The zero-order valence-corrected chi connectivity index (χ0v) is 21.7. The molecule has 0 aliphatic carbocycles. The topological polar surface area (TPSA) is 66.9 Å². The molecular weight excluding hydrogens is 519 g/mol. The van der Waals surface area contributed by atoms with Crippen molar-refractivity contribution in [1.82, 2.24) is 0 Å². The van der Waals surface area contributed by atoms with Crippen LogP contribution < -0.4 is 14.5 Å². The summed E-state index contributed by atoms with van der Waals surface area (Å²) in [7, 11) is 0. The predicted octanol–water partition coefficient (Wildman–Crippen LogP) is 7.14. The molecule has 5 aromatic rings. The normalized spacial score (nSPS) is 13.6. The van der Waals surface area contributed by atoms with Gasteiger partial charge in [0.25, 0.3) is 11.8 Å². The number of barbiturate groups is 1. The summed E-state index contributed by atoms with van der Waals surface area (Å²) in [4.78, 5) is 43.4. The molecular formula is C34H23FN2O4. The van der Waals surface area contributed by atoms with Gasteiger partial charge in [0.15, 0.2) is 0 Å². The number of imide groups is 2. The van der Waals surface area contributed by atoms with Gasteiger partial charge in [0.2, 0.25) is 0 Å². The van der Waals surface area contributed by atoms with Crippen LogP contribution >= 0.6 is 0 Å². The van der Waals surface area contributed by atoms with Crippen molar-refractivity contribution in [2.75, 3.05) is 9.80 Å². The van der Waals surface area contributed by atoms with Crippen LogP contribution in [0, 0.1) is 5.82 Å². The smallest absolute Gasteiger partial charge is 0.343 e. The Morgan fingerprint density at radius 1 is 0.634 bits per heavy atom. The number of urea groups is 1. The molecule has 0 aromatic heterocycles. The van der Waals surface area contributed by atoms with Gasteiger partial charge in [0.05, 0.1) is 11.4 Å². The Morgan fingerprint density at radius 3 is 1.80 bits per heavy atom. The van der Waals surface area contributed by atoms with E-state index in [0.29, 0.717) is 22.7 Å². The fourth-order valence-corrected chi connectivity index (χ4v) is 4.78. The van der Waals surface area contributed by atoms with Crippen molar-refractivity contribution in [2.24, 2.45) is 0 Å². The van der Waals surface area contributed by atoms with E-state index in [1.165, 1.54) is 18.2 Å². The van der Waals surface area contributed by atoms with E-state index in [0.717, 1.165) is 26.1 Å². The lowest BCUT2D eigenvalue weighted by Gasteiger charge is -2.34. The highest BCUT2D eigenvalue weighted by Crippen LogP contribution is 2.34. The molecule has 0 radical (unpaired) electrons. The van der Waals surface area contributed by atoms with E-state index in [4.69, 9.17) is 4.74 Å². The molecule has 7 heteroatoms. The molecule has 4 amide bonds. The molecule has 6 nitrogen and oxygen atoms in total. The van der Waals surface area contributed by atoms with Crippen molar-refractivity contribution >= 4 is 46.1 Å². The van der Waals surface area contributed by atoms with E-state index in [1.807, 2.05) is 30.3 Å². The van der Waals surface area contributed by atoms with Crippen LogP contribution in [0.4, 0.5) is 20.6 Å². The van der Waals surface area contributed by atoms with E-state index in [-0.39, 0.29) is 18.0 Å². The van der Waals surface area contributed by atoms with E-state index in [2.05, 4.69) is 0 Å². The van der Waals surface area contributed by atoms with Gasteiger partial charge in [-0.3, -0.25) is 9.59 Å². The van der Waals surface area contributed by atoms with Crippen molar-refractivity contribution in [3.05, 3.63) is 144 Å². The van der Waals surface area contributed by atoms with Crippen LogP contribution in [-0.4, -0.2) is 17.8 Å². The quantitative estimate of drug-likeness (QED) is 0.169. The number of hydrogen-bond acceptors (Lipinski definition) is 4. The highest BCUT2D eigenvalue weighted by Gasteiger charge is 2.43. The van der Waals surface area contributed by atoms with Crippen LogP contribution in [-0.2, 0) is 16.2 Å². The molecule has 1 aliphatic rings. The number of hydrogen-bond donors (Lipinski definition) is 0. The van der Waals surface area contributed by atoms with Crippen LogP contribution in [0.5, 0.6) is 5.75 Å². The van der Waals surface area contributed by atoms with Gasteiger partial charge < -0.3 is 4.74 Å². The average Bonchev–Trinajstić information content (AvgIpc) is 3.00. The largest absolute Gasteiger partial charge is 0.488 e. The van der Waals surface area contributed by atoms with Crippen LogP contribution in [0.1, 0.15) is 11.1 Å². The Morgan fingerprint density at radius 2 is 1.20 bits per heavy atom. The molecule has 200 valence electrons. The summed E-state index contributed by atoms with van der Waals surface area (Å²) in [6, 6.07) is 33.4. The molecule has 0 atom stereocenters. The number of amides is 4. The fourth-order valence-electron chi connectivity index (χ4n) is 4.78. The van der Waals surface area contributed by atoms with E-state index in [9.17, 15) is 18.8 Å². The summed E-state index contributed by atoms with van der Waals surface area (Å²) in [6.45, 7) is 0.140. The van der Waals surface area contributed by atoms with Gasteiger partial charge in [0.1, 0.15) is 23.7 Å². The van der Waals surface area contributed by atoms with Gasteiger partial charge in [-0.1, -0.05) is 78.9 Å². The van der Waals surface area contributed by atoms with Crippen molar-refractivity contribution in [1.29, 1.82) is 0 Å². The molecule has 0 spiro atoms. The van der Waals surface area contributed by atoms with Gasteiger partial charge in [-0.2, -0.15) is 0 Å². The first-order valence-corrected chi connectivity index (χ1v) is 12.9. The minimum absolute atomic E-state index is 0.140. The summed E-state index contributed by atoms with van der Waals surface area (Å²) >= 11 is 0. The average molecular weight is 543 g/mol. The second kappa shape index (κ2) is 10.9. The third-order valence-corrected chi connectivity index (χ3v) is 6.81. The zero-order chi connectivity index (χ0) is 28.3. The second-order valence-corrected chi connectivity index (χ2v) is 9.41. The second-order valence-electron chi connectivity index (χ2n) is 9.41. The number of benzene rings is 5. The van der Waals surface area contributed by atoms with Crippen molar-refractivity contribution in [3.63, 3.8) is 0 Å². The Kier molecular flexibility index (Phi) is 6.83. The van der Waals surface area contributed by atoms with Gasteiger partial charge in [-0.25, -0.2) is 19.0 Å². The summed E-state index contributed by atoms with van der Waals surface area (Å²) in [5.74, 6) is -1.40. The van der Waals surface area contributed by atoms with Crippen LogP contribution in [0.3, 0.4) is 0 Å². The molecule has 5 aromatic carbocycles. The molecule has 0 N–H and O–H groups in total. The Hall–Kier alpha value is -5.56. The zero-order valence-electron chi connectivity index (χ0n) is 21.7. The number of rotatable bonds is 6. The molecule has 6 rings (SSSR count). The van der Waals surface area contributed by atoms with Crippen LogP contribution in [0.25, 0.3) is 16.8 Å². The number of halogens is 1. The molecule has 41 heavy (non-hydrogen) atoms. The minimum atomic E-state index is -0.764. The number of carbonyl (C=O) groups excluding carboxylic acids is 3. The highest BCUT2D eigenvalue weighted by atomic mass is 19.1. The first-order chi connectivity index (χ1) is 20.0. The number of fused-ring (bicyclic) bond motifs is 1. The van der Waals surface area contributed by atoms with Crippen LogP contribution in [0.15, 0.2) is 127 Å². The van der Waals surface area contributed by atoms with Crippen molar-refractivity contribution in [2.45, 2.75) is 6.61 Å². The van der Waals surface area contributed by atoms with Crippen molar-refractivity contribution < 1.29 is 23.5 Å². The Balaban J connectivity index is 1.50. The first kappa shape index (κ1) is 25.7. The monoisotopic (exact) mass is 542 g/mol. The number of carbonyl (C=O) groups is 3. The van der Waals surface area contributed by atoms with E-state index in [1.54, 1.807) is 78.9 Å². The summed E-state index contributed by atoms with van der Waals surface area (Å²) in [5.41, 5.74) is 1.75. The predicted molar refractivity (Wildman–Crippen MR) is 156 cm³/mol. The van der Waals surface area contributed by atoms with Gasteiger partial charge in [-0.05, 0) is 64.9 Å². The third kappa shape index (κ3) is 4.96. The summed E-state index contributed by atoms with van der Waals surface area (Å²) in [5, 5.41) is 1.63. The number of para-hydroxylation sites is 2. The fraction of sp³-hybridized carbons (Fsp3) is 0.0294. The van der Waals surface area contributed by atoms with Gasteiger partial charge in [-0.15, -0.1) is 0 Å². The third-order valence-electron chi connectivity index (χ3n) is 6.81. The maximum absolute atomic E-state index is 13.9. The molecule has 1 heterocycles. The first-order valence-electron chi connectivity index (χ1n) is 12.9. The minimum Gasteiger partial charge on any atom is -0.488 e. The Labute approximate surface area is 235 Å². The van der Waals surface area contributed by atoms with Gasteiger partial charge >= 0.3 is 6.03 Å². The van der Waals surface area contributed by atoms with E-state index >= 15 is 0 Å². The highest BCUT2D eigenvalue weighted by molar-refractivity contribution is 6.46. The maximum atomic E-state index is 13.9. The standard InChI is InChI=1S/C34H23FN2O4/c35-25-18-15-23(16-19-25)22-41-31-20-17-24-9-7-8-14-28(24)29(31)21-30-32(38)36(26-10-3-1-4-11-26)34(40)37(33(30)39)27-12-5-2-6-13-27/h1-21H,22H2. The SMILES string of the molecule is O=C1C(=Cc2c(OCc3ccc(F)cc3)ccc3ccccc23)C(=O)N(c2ccccc2)C(=O)N1c1ccccc1.